The fourth-order valence-electron chi connectivity index (χ4n) is 4.21. The largest absolute Gasteiger partial charge is 0.493 e. The number of nitrogens with one attached hydrogen (secondary N) is 1. The third-order valence-corrected chi connectivity index (χ3v) is 5.79. The molecule has 1 aromatic carbocycles. The van der Waals surface area contributed by atoms with Crippen molar-refractivity contribution in [2.75, 3.05) is 28.4 Å². The van der Waals surface area contributed by atoms with Crippen LogP contribution in [-0.4, -0.2) is 48.9 Å². The quantitative estimate of drug-likeness (QED) is 0.392. The summed E-state index contributed by atoms with van der Waals surface area (Å²) in [6.07, 6.45) is 1.62. The molecule has 186 valence electrons. The third-order valence-electron chi connectivity index (χ3n) is 5.79. The lowest BCUT2D eigenvalue weighted by Crippen LogP contribution is -2.30. The normalized spacial score (nSPS) is 10.8. The summed E-state index contributed by atoms with van der Waals surface area (Å²) in [5.74, 6) is 0.335. The average Bonchev–Trinajstić information content (AvgIpc) is 2.88. The number of hydrogen-bond donors (Lipinski definition) is 1. The highest BCUT2D eigenvalue weighted by atomic mass is 16.5. The first-order valence-electron chi connectivity index (χ1n) is 10.9. The average molecular weight is 492 g/mol. The summed E-state index contributed by atoms with van der Waals surface area (Å²) in [5, 5.41) is 0.358. The number of ether oxygens (including phenoxy) is 4. The van der Waals surface area contributed by atoms with E-state index in [9.17, 15) is 14.4 Å². The molecule has 0 spiro atoms. The second kappa shape index (κ2) is 9.95. The lowest BCUT2D eigenvalue weighted by molar-refractivity contribution is 0.0588. The van der Waals surface area contributed by atoms with E-state index in [4.69, 9.17) is 18.9 Å². The summed E-state index contributed by atoms with van der Waals surface area (Å²) in [5.41, 5.74) is 1.39. The minimum Gasteiger partial charge on any atom is -0.493 e. The van der Waals surface area contributed by atoms with Gasteiger partial charge < -0.3 is 23.9 Å². The van der Waals surface area contributed by atoms with E-state index in [-0.39, 0.29) is 17.8 Å². The van der Waals surface area contributed by atoms with E-state index >= 15 is 0 Å². The number of hydrogen-bond acceptors (Lipinski definition) is 8. The zero-order chi connectivity index (χ0) is 26.0. The Morgan fingerprint density at radius 1 is 0.972 bits per heavy atom. The lowest BCUT2D eigenvalue weighted by atomic mass is 9.97. The summed E-state index contributed by atoms with van der Waals surface area (Å²) >= 11 is 0. The summed E-state index contributed by atoms with van der Waals surface area (Å²) < 4.78 is 22.9. The molecule has 3 aromatic heterocycles. The number of aromatic nitrogens is 3. The highest BCUT2D eigenvalue weighted by molar-refractivity contribution is 6.06. The van der Waals surface area contributed by atoms with Crippen LogP contribution in [0.3, 0.4) is 0 Å². The zero-order valence-electron chi connectivity index (χ0n) is 20.5. The van der Waals surface area contributed by atoms with Crippen LogP contribution in [0.2, 0.25) is 0 Å². The van der Waals surface area contributed by atoms with Gasteiger partial charge in [0.2, 0.25) is 11.3 Å². The molecule has 1 N–H and O–H groups in total. The van der Waals surface area contributed by atoms with Crippen molar-refractivity contribution in [2.24, 2.45) is 0 Å². The van der Waals surface area contributed by atoms with Crippen molar-refractivity contribution in [3.05, 3.63) is 80.3 Å². The SMILES string of the molecule is COC(=O)c1c(-c2cc(OC)c(OC)c(OC)c2)c2ccc(=O)[nH]c2c(=O)n1Cc1ccnc(C)c1. The number of carbonyl (C=O) groups excluding carboxylic acids is 1. The van der Waals surface area contributed by atoms with Crippen LogP contribution in [-0.2, 0) is 11.3 Å². The van der Waals surface area contributed by atoms with Crippen LogP contribution < -0.4 is 25.3 Å². The molecule has 0 amide bonds. The summed E-state index contributed by atoms with van der Waals surface area (Å²) in [6, 6.07) is 9.68. The number of carbonyl (C=O) groups is 1. The van der Waals surface area contributed by atoms with Gasteiger partial charge in [-0.15, -0.1) is 0 Å². The van der Waals surface area contributed by atoms with Gasteiger partial charge >= 0.3 is 5.97 Å². The number of nitrogens with zero attached hydrogens (tertiary/aromatic N) is 2. The maximum absolute atomic E-state index is 13.6. The van der Waals surface area contributed by atoms with Crippen molar-refractivity contribution in [2.45, 2.75) is 13.5 Å². The summed E-state index contributed by atoms with van der Waals surface area (Å²) in [6.45, 7) is 1.86. The van der Waals surface area contributed by atoms with Crippen LogP contribution >= 0.6 is 0 Å². The maximum Gasteiger partial charge on any atom is 0.355 e. The maximum atomic E-state index is 13.6. The number of pyridine rings is 3. The molecule has 0 atom stereocenters. The molecule has 0 saturated heterocycles. The highest BCUT2D eigenvalue weighted by Gasteiger charge is 2.26. The van der Waals surface area contributed by atoms with Gasteiger partial charge in [-0.25, -0.2) is 4.79 Å². The molecular formula is C26H25N3O7. The molecule has 3 heterocycles. The number of aromatic amines is 1. The molecule has 10 heteroatoms. The minimum absolute atomic E-state index is 0.00536. The molecule has 10 nitrogen and oxygen atoms in total. The number of fused-ring (bicyclic) bond motifs is 1. The number of rotatable bonds is 7. The van der Waals surface area contributed by atoms with Gasteiger partial charge in [-0.2, -0.15) is 0 Å². The zero-order valence-corrected chi connectivity index (χ0v) is 20.5. The lowest BCUT2D eigenvalue weighted by Gasteiger charge is -2.20. The molecular weight excluding hydrogens is 466 g/mol. The van der Waals surface area contributed by atoms with Gasteiger partial charge in [-0.1, -0.05) is 0 Å². The molecule has 0 saturated carbocycles. The minimum atomic E-state index is -0.727. The third kappa shape index (κ3) is 4.28. The van der Waals surface area contributed by atoms with Crippen LogP contribution in [0.1, 0.15) is 21.7 Å². The Hall–Kier alpha value is -4.60. The molecule has 0 bridgehead atoms. The monoisotopic (exact) mass is 491 g/mol. The van der Waals surface area contributed by atoms with E-state index in [2.05, 4.69) is 9.97 Å². The molecule has 4 aromatic rings. The van der Waals surface area contributed by atoms with Crippen molar-refractivity contribution >= 4 is 16.9 Å². The van der Waals surface area contributed by atoms with E-state index < -0.39 is 17.1 Å². The van der Waals surface area contributed by atoms with Gasteiger partial charge in [-0.3, -0.25) is 19.1 Å². The molecule has 0 fully saturated rings. The van der Waals surface area contributed by atoms with Gasteiger partial charge in [0.1, 0.15) is 11.2 Å². The molecule has 0 radical (unpaired) electrons. The van der Waals surface area contributed by atoms with Gasteiger partial charge in [0.25, 0.3) is 5.56 Å². The van der Waals surface area contributed by atoms with Crippen LogP contribution in [0.5, 0.6) is 17.2 Å². The van der Waals surface area contributed by atoms with E-state index in [0.29, 0.717) is 33.8 Å². The Bertz CT molecular complexity index is 1560. The van der Waals surface area contributed by atoms with Crippen LogP contribution in [0.15, 0.2) is 52.2 Å². The van der Waals surface area contributed by atoms with Crippen molar-refractivity contribution in [3.8, 4) is 28.4 Å². The smallest absolute Gasteiger partial charge is 0.355 e. The second-order valence-electron chi connectivity index (χ2n) is 7.94. The number of H-pyrrole nitrogens is 1. The fourth-order valence-corrected chi connectivity index (χ4v) is 4.21. The first-order valence-corrected chi connectivity index (χ1v) is 10.9. The van der Waals surface area contributed by atoms with Gasteiger partial charge in [0.15, 0.2) is 11.5 Å². The molecule has 0 aliphatic rings. The molecule has 36 heavy (non-hydrogen) atoms. The number of esters is 1. The van der Waals surface area contributed by atoms with E-state index in [1.165, 1.54) is 45.1 Å². The number of aryl methyl sites for hydroxylation is 1. The standard InChI is InChI=1S/C26H25N3O7/c1-14-10-15(8-9-27-14)13-29-23(26(32)36-5)21(17-6-7-20(30)28-22(17)25(29)31)16-11-18(33-2)24(35-4)19(12-16)34-3/h6-12H,13H2,1-5H3,(H,28,30). The Morgan fingerprint density at radius 2 is 1.67 bits per heavy atom. The number of benzene rings is 1. The Morgan fingerprint density at radius 3 is 2.25 bits per heavy atom. The van der Waals surface area contributed by atoms with E-state index in [1.54, 1.807) is 24.4 Å². The van der Waals surface area contributed by atoms with Gasteiger partial charge in [-0.05, 0) is 48.4 Å². The molecule has 4 rings (SSSR count). The molecule has 0 aliphatic heterocycles. The van der Waals surface area contributed by atoms with Crippen molar-refractivity contribution < 1.29 is 23.7 Å². The summed E-state index contributed by atoms with van der Waals surface area (Å²) in [4.78, 5) is 45.9. The van der Waals surface area contributed by atoms with Crippen LogP contribution in [0, 0.1) is 6.92 Å². The predicted octanol–water partition coefficient (Wildman–Crippen LogP) is 2.92. The van der Waals surface area contributed by atoms with Gasteiger partial charge in [0.05, 0.1) is 35.0 Å². The van der Waals surface area contributed by atoms with Crippen molar-refractivity contribution in [3.63, 3.8) is 0 Å². The van der Waals surface area contributed by atoms with Crippen LogP contribution in [0.25, 0.3) is 22.0 Å². The molecule has 0 aliphatic carbocycles. The first kappa shape index (κ1) is 24.5. The topological polar surface area (TPSA) is 122 Å². The Labute approximate surface area is 206 Å². The fraction of sp³-hybridized carbons (Fsp3) is 0.231. The predicted molar refractivity (Wildman–Crippen MR) is 133 cm³/mol. The summed E-state index contributed by atoms with van der Waals surface area (Å²) in [7, 11) is 5.68. The highest BCUT2D eigenvalue weighted by Crippen LogP contribution is 2.43. The Kier molecular flexibility index (Phi) is 6.77. The van der Waals surface area contributed by atoms with Gasteiger partial charge in [0, 0.05) is 28.9 Å². The van der Waals surface area contributed by atoms with E-state index in [0.717, 1.165) is 11.3 Å². The van der Waals surface area contributed by atoms with Crippen molar-refractivity contribution in [1.29, 1.82) is 0 Å². The molecule has 0 unspecified atom stereocenters. The van der Waals surface area contributed by atoms with E-state index in [1.807, 2.05) is 13.0 Å². The van der Waals surface area contributed by atoms with Crippen LogP contribution in [0.4, 0.5) is 0 Å². The number of methoxy groups -OCH3 is 4. The first-order chi connectivity index (χ1) is 17.3. The second-order valence-corrected chi connectivity index (χ2v) is 7.94. The Balaban J connectivity index is 2.17. The van der Waals surface area contributed by atoms with Crippen molar-refractivity contribution in [1.82, 2.24) is 14.5 Å².